The van der Waals surface area contributed by atoms with Gasteiger partial charge in [0.15, 0.2) is 6.10 Å². The summed E-state index contributed by atoms with van der Waals surface area (Å²) in [5, 5.41) is 9.81. The van der Waals surface area contributed by atoms with Crippen molar-refractivity contribution in [2.45, 2.75) is 290 Å². The lowest BCUT2D eigenvalue weighted by atomic mass is 10.1. The number of phosphoric acid groups is 1. The molecule has 0 aliphatic carbocycles. The smallest absolute Gasteiger partial charge is 0.462 e. The van der Waals surface area contributed by atoms with Gasteiger partial charge in [-0.05, 0) is 109 Å². The van der Waals surface area contributed by atoms with Crippen LogP contribution in [0.3, 0.4) is 0 Å². The molecule has 0 aromatic rings. The van der Waals surface area contributed by atoms with Crippen LogP contribution in [0.15, 0.2) is 60.8 Å². The number of carbonyl (C=O) groups is 3. The molecule has 0 aliphatic heterocycles. The predicted octanol–water partition coefficient (Wildman–Crippen LogP) is 17.9. The summed E-state index contributed by atoms with van der Waals surface area (Å²) in [7, 11) is -4.75. The molecule has 0 saturated carbocycles. The van der Waals surface area contributed by atoms with E-state index >= 15 is 0 Å². The number of hydrogen-bond donors (Lipinski definition) is 2. The van der Waals surface area contributed by atoms with Gasteiger partial charge in [-0.2, -0.15) is 0 Å². The summed E-state index contributed by atoms with van der Waals surface area (Å²) >= 11 is 0. The SMILES string of the molecule is CCCCC/C=C\C/C=C\CCCCCCCCCC(=O)OCC(COP(=O)(O)OCC(CO)OC(=O)CCCCCCC/C=C\CCCCCC)OC(=O)CCCCCCCCC/C=C\C/C=C\CCCCC. The van der Waals surface area contributed by atoms with Crippen LogP contribution in [0, 0.1) is 0 Å². The van der Waals surface area contributed by atoms with Crippen molar-refractivity contribution in [2.24, 2.45) is 0 Å². The molecular formula is C62H111O11P. The number of ether oxygens (including phenoxy) is 3. The van der Waals surface area contributed by atoms with Gasteiger partial charge in [-0.3, -0.25) is 23.4 Å². The minimum absolute atomic E-state index is 0.156. The Morgan fingerprint density at radius 1 is 0.378 bits per heavy atom. The number of aliphatic hydroxyl groups excluding tert-OH is 1. The Labute approximate surface area is 453 Å². The summed E-state index contributed by atoms with van der Waals surface area (Å²) in [6.45, 7) is 4.58. The van der Waals surface area contributed by atoms with Gasteiger partial charge < -0.3 is 24.2 Å². The zero-order chi connectivity index (χ0) is 54.1. The Morgan fingerprint density at radius 2 is 0.662 bits per heavy atom. The molecule has 0 heterocycles. The van der Waals surface area contributed by atoms with E-state index in [-0.39, 0.29) is 25.9 Å². The first-order valence-corrected chi connectivity index (χ1v) is 31.7. The van der Waals surface area contributed by atoms with Gasteiger partial charge in [0.05, 0.1) is 19.8 Å². The lowest BCUT2D eigenvalue weighted by Gasteiger charge is -2.21. The molecule has 0 rings (SSSR count). The van der Waals surface area contributed by atoms with Crippen molar-refractivity contribution in [1.29, 1.82) is 0 Å². The highest BCUT2D eigenvalue weighted by molar-refractivity contribution is 7.47. The molecule has 0 saturated heterocycles. The fraction of sp³-hybridized carbons (Fsp3) is 0.790. The zero-order valence-corrected chi connectivity index (χ0v) is 48.5. The molecule has 0 aromatic carbocycles. The molecule has 12 heteroatoms. The lowest BCUT2D eigenvalue weighted by Crippen LogP contribution is -2.30. The van der Waals surface area contributed by atoms with Crippen LogP contribution in [-0.4, -0.2) is 66.5 Å². The van der Waals surface area contributed by atoms with E-state index < -0.39 is 57.8 Å². The second-order valence-electron chi connectivity index (χ2n) is 20.2. The number of aliphatic hydroxyl groups is 1. The highest BCUT2D eigenvalue weighted by atomic mass is 31.2. The lowest BCUT2D eigenvalue weighted by molar-refractivity contribution is -0.161. The van der Waals surface area contributed by atoms with Gasteiger partial charge in [0.25, 0.3) is 0 Å². The van der Waals surface area contributed by atoms with Crippen LogP contribution in [0.4, 0.5) is 0 Å². The molecule has 0 spiro atoms. The van der Waals surface area contributed by atoms with E-state index in [9.17, 15) is 28.9 Å². The first-order chi connectivity index (χ1) is 36.2. The number of esters is 3. The molecule has 0 aromatic heterocycles. The number of allylic oxidation sites excluding steroid dienone is 10. The molecule has 3 atom stereocenters. The third kappa shape index (κ3) is 54.0. The predicted molar refractivity (Wildman–Crippen MR) is 307 cm³/mol. The van der Waals surface area contributed by atoms with Crippen LogP contribution in [0.1, 0.15) is 278 Å². The van der Waals surface area contributed by atoms with Gasteiger partial charge in [0.1, 0.15) is 12.7 Å². The number of unbranched alkanes of at least 4 members (excludes halogenated alkanes) is 29. The molecular weight excluding hydrogens is 952 g/mol. The largest absolute Gasteiger partial charge is 0.472 e. The van der Waals surface area contributed by atoms with Gasteiger partial charge in [0.2, 0.25) is 0 Å². The summed E-state index contributed by atoms with van der Waals surface area (Å²) in [4.78, 5) is 48.6. The zero-order valence-electron chi connectivity index (χ0n) is 47.6. The van der Waals surface area contributed by atoms with Gasteiger partial charge >= 0.3 is 25.7 Å². The normalized spacial score (nSPS) is 13.7. The monoisotopic (exact) mass is 1060 g/mol. The second-order valence-corrected chi connectivity index (χ2v) is 21.6. The molecule has 3 unspecified atom stereocenters. The summed E-state index contributed by atoms with van der Waals surface area (Å²) < 4.78 is 39.6. The summed E-state index contributed by atoms with van der Waals surface area (Å²) in [6.07, 6.45) is 61.7. The number of rotatable bonds is 56. The van der Waals surface area contributed by atoms with Crippen molar-refractivity contribution in [3.63, 3.8) is 0 Å². The van der Waals surface area contributed by atoms with Gasteiger partial charge in [-0.1, -0.05) is 210 Å². The Kier molecular flexibility index (Phi) is 54.2. The molecule has 11 nitrogen and oxygen atoms in total. The molecule has 0 amide bonds. The highest BCUT2D eigenvalue weighted by Gasteiger charge is 2.28. The summed E-state index contributed by atoms with van der Waals surface area (Å²) in [6, 6.07) is 0. The van der Waals surface area contributed by atoms with Crippen LogP contribution in [0.5, 0.6) is 0 Å². The van der Waals surface area contributed by atoms with Crippen molar-refractivity contribution in [3.05, 3.63) is 60.8 Å². The highest BCUT2D eigenvalue weighted by Crippen LogP contribution is 2.43. The maximum absolute atomic E-state index is 12.9. The molecule has 2 N–H and O–H groups in total. The third-order valence-corrected chi connectivity index (χ3v) is 13.8. The van der Waals surface area contributed by atoms with Crippen molar-refractivity contribution in [2.75, 3.05) is 26.4 Å². The van der Waals surface area contributed by atoms with Crippen LogP contribution in [0.2, 0.25) is 0 Å². The Morgan fingerprint density at radius 3 is 1.04 bits per heavy atom. The van der Waals surface area contributed by atoms with Crippen molar-refractivity contribution in [3.8, 4) is 0 Å². The standard InChI is InChI=1S/C62H111O11P/c1-4-7-10-13-16-19-22-25-27-29-31-34-36-39-42-45-48-51-60(64)69-55-59(73-62(66)53-50-47-44-41-38-35-32-30-28-26-23-20-17-14-11-8-5-2)57-71-74(67,68)70-56-58(54-63)72-61(65)52-49-46-43-40-37-33-24-21-18-15-12-9-6-3/h16-17,19-21,24-28,58-59,63H,4-15,18,22-23,29-57H2,1-3H3,(H,67,68)/b19-16-,20-17-,24-21-,27-25-,28-26-. The number of hydrogen-bond acceptors (Lipinski definition) is 10. The van der Waals surface area contributed by atoms with Gasteiger partial charge in [0, 0.05) is 19.3 Å². The van der Waals surface area contributed by atoms with Crippen molar-refractivity contribution in [1.82, 2.24) is 0 Å². The van der Waals surface area contributed by atoms with Crippen LogP contribution >= 0.6 is 7.82 Å². The summed E-state index contributed by atoms with van der Waals surface area (Å²) in [5.41, 5.74) is 0. The molecule has 74 heavy (non-hydrogen) atoms. The molecule has 0 aliphatic rings. The topological polar surface area (TPSA) is 155 Å². The van der Waals surface area contributed by atoms with E-state index in [2.05, 4.69) is 81.5 Å². The second kappa shape index (κ2) is 56.4. The quantitative estimate of drug-likeness (QED) is 0.0197. The van der Waals surface area contributed by atoms with Crippen molar-refractivity contribution < 1.29 is 52.2 Å². The van der Waals surface area contributed by atoms with E-state index in [1.165, 1.54) is 109 Å². The molecule has 430 valence electrons. The van der Waals surface area contributed by atoms with Gasteiger partial charge in [-0.15, -0.1) is 0 Å². The van der Waals surface area contributed by atoms with E-state index in [1.807, 2.05) is 0 Å². The summed E-state index contributed by atoms with van der Waals surface area (Å²) in [5.74, 6) is -1.48. The maximum atomic E-state index is 12.9. The van der Waals surface area contributed by atoms with E-state index in [0.29, 0.717) is 19.3 Å². The van der Waals surface area contributed by atoms with Crippen LogP contribution in [0.25, 0.3) is 0 Å². The first kappa shape index (κ1) is 71.2. The fourth-order valence-electron chi connectivity index (χ4n) is 8.23. The molecule has 0 bridgehead atoms. The van der Waals surface area contributed by atoms with Gasteiger partial charge in [-0.25, -0.2) is 4.57 Å². The average molecular weight is 1060 g/mol. The fourth-order valence-corrected chi connectivity index (χ4v) is 9.02. The Balaban J connectivity index is 4.74. The van der Waals surface area contributed by atoms with E-state index in [4.69, 9.17) is 23.3 Å². The van der Waals surface area contributed by atoms with Crippen molar-refractivity contribution >= 4 is 25.7 Å². The molecule has 0 radical (unpaired) electrons. The minimum Gasteiger partial charge on any atom is -0.462 e. The Hall–Kier alpha value is -2.82. The van der Waals surface area contributed by atoms with Crippen LogP contribution in [-0.2, 0) is 42.2 Å². The maximum Gasteiger partial charge on any atom is 0.472 e. The first-order valence-electron chi connectivity index (χ1n) is 30.2. The van der Waals surface area contributed by atoms with E-state index in [0.717, 1.165) is 109 Å². The van der Waals surface area contributed by atoms with Crippen LogP contribution < -0.4 is 0 Å². The minimum atomic E-state index is -4.75. The number of carbonyl (C=O) groups excluding carboxylic acids is 3. The number of phosphoric ester groups is 1. The Bertz CT molecular complexity index is 1470. The molecule has 0 fully saturated rings. The third-order valence-electron chi connectivity index (χ3n) is 12.9. The average Bonchev–Trinajstić information content (AvgIpc) is 3.39. The van der Waals surface area contributed by atoms with E-state index in [1.54, 1.807) is 0 Å².